The van der Waals surface area contributed by atoms with Crippen molar-refractivity contribution < 1.29 is 8.42 Å². The Morgan fingerprint density at radius 2 is 2.24 bits per heavy atom. The molecule has 0 radical (unpaired) electrons. The normalized spacial score (nSPS) is 21.1. The van der Waals surface area contributed by atoms with Crippen LogP contribution >= 0.6 is 11.6 Å². The number of hydrogen-bond donors (Lipinski definition) is 1. The van der Waals surface area contributed by atoms with E-state index in [1.54, 1.807) is 24.3 Å². The number of rotatable bonds is 2. The van der Waals surface area contributed by atoms with Crippen LogP contribution in [-0.2, 0) is 9.84 Å². The molecule has 17 heavy (non-hydrogen) atoms. The standard InChI is InChI=1S/C11H9ClN2O2S/c12-9-2-1-8(6-13)11(5-9)14-10-3-4-17(15,16)7-10/h1-5,10,14H,7H2. The average molecular weight is 269 g/mol. The summed E-state index contributed by atoms with van der Waals surface area (Å²) < 4.78 is 22.5. The van der Waals surface area contributed by atoms with Crippen molar-refractivity contribution in [3.63, 3.8) is 0 Å². The molecule has 1 N–H and O–H groups in total. The van der Waals surface area contributed by atoms with Gasteiger partial charge in [-0.1, -0.05) is 17.7 Å². The van der Waals surface area contributed by atoms with E-state index in [9.17, 15) is 8.42 Å². The number of anilines is 1. The molecule has 0 fully saturated rings. The summed E-state index contributed by atoms with van der Waals surface area (Å²) in [5.74, 6) is 0.00435. The molecule has 0 saturated heterocycles. The third kappa shape index (κ3) is 2.78. The van der Waals surface area contributed by atoms with Gasteiger partial charge in [0.05, 0.1) is 23.0 Å². The lowest BCUT2D eigenvalue weighted by Crippen LogP contribution is -2.21. The predicted octanol–water partition coefficient (Wildman–Crippen LogP) is 1.93. The topological polar surface area (TPSA) is 70.0 Å². The molecular formula is C11H9ClN2O2S. The first-order chi connectivity index (χ1) is 8.00. The van der Waals surface area contributed by atoms with E-state index in [-0.39, 0.29) is 11.8 Å². The lowest BCUT2D eigenvalue weighted by Gasteiger charge is -2.13. The van der Waals surface area contributed by atoms with Crippen molar-refractivity contribution in [2.45, 2.75) is 6.04 Å². The number of nitriles is 1. The number of hydrogen-bond acceptors (Lipinski definition) is 4. The number of benzene rings is 1. The molecule has 1 heterocycles. The molecule has 0 bridgehead atoms. The number of sulfone groups is 1. The van der Waals surface area contributed by atoms with Crippen LogP contribution in [0.1, 0.15) is 5.56 Å². The molecule has 88 valence electrons. The van der Waals surface area contributed by atoms with Crippen LogP contribution in [0.15, 0.2) is 29.7 Å². The maximum Gasteiger partial charge on any atom is 0.173 e. The fourth-order valence-corrected chi connectivity index (χ4v) is 3.01. The zero-order chi connectivity index (χ0) is 12.5. The Kier molecular flexibility index (Phi) is 3.09. The van der Waals surface area contributed by atoms with Crippen molar-refractivity contribution in [1.29, 1.82) is 5.26 Å². The Morgan fingerprint density at radius 1 is 1.47 bits per heavy atom. The van der Waals surface area contributed by atoms with Gasteiger partial charge in [0.25, 0.3) is 0 Å². The highest BCUT2D eigenvalue weighted by Crippen LogP contribution is 2.23. The highest BCUT2D eigenvalue weighted by Gasteiger charge is 2.22. The first kappa shape index (κ1) is 12.0. The molecule has 1 aromatic rings. The van der Waals surface area contributed by atoms with Crippen molar-refractivity contribution >= 4 is 27.1 Å². The van der Waals surface area contributed by atoms with Crippen molar-refractivity contribution in [3.05, 3.63) is 40.3 Å². The second kappa shape index (κ2) is 4.40. The van der Waals surface area contributed by atoms with Gasteiger partial charge in [-0.25, -0.2) is 8.42 Å². The van der Waals surface area contributed by atoms with Crippen LogP contribution in [0.5, 0.6) is 0 Å². The van der Waals surface area contributed by atoms with E-state index in [0.717, 1.165) is 0 Å². The molecule has 0 aliphatic carbocycles. The van der Waals surface area contributed by atoms with Gasteiger partial charge in [0.2, 0.25) is 0 Å². The first-order valence-corrected chi connectivity index (χ1v) is 6.97. The van der Waals surface area contributed by atoms with E-state index in [1.165, 1.54) is 5.41 Å². The molecule has 2 rings (SSSR count). The number of nitrogens with zero attached hydrogens (tertiary/aromatic N) is 1. The minimum absolute atomic E-state index is 0.00435. The fourth-order valence-electron chi connectivity index (χ4n) is 1.60. The first-order valence-electron chi connectivity index (χ1n) is 4.87. The Hall–Kier alpha value is -1.51. The predicted molar refractivity (Wildman–Crippen MR) is 66.5 cm³/mol. The van der Waals surface area contributed by atoms with E-state index in [1.807, 2.05) is 6.07 Å². The molecule has 1 aliphatic rings. The Morgan fingerprint density at radius 3 is 2.82 bits per heavy atom. The monoisotopic (exact) mass is 268 g/mol. The fraction of sp³-hybridized carbons (Fsp3) is 0.182. The molecule has 1 unspecified atom stereocenters. The molecule has 0 spiro atoms. The quantitative estimate of drug-likeness (QED) is 0.890. The molecule has 1 aliphatic heterocycles. The molecule has 0 saturated carbocycles. The van der Waals surface area contributed by atoms with Crippen LogP contribution in [0.2, 0.25) is 5.02 Å². The summed E-state index contributed by atoms with van der Waals surface area (Å²) in [6.45, 7) is 0. The second-order valence-electron chi connectivity index (χ2n) is 3.71. The third-order valence-corrected chi connectivity index (χ3v) is 4.00. The van der Waals surface area contributed by atoms with Crippen LogP contribution in [0.4, 0.5) is 5.69 Å². The summed E-state index contributed by atoms with van der Waals surface area (Å²) in [4.78, 5) is 0. The third-order valence-electron chi connectivity index (χ3n) is 2.37. The highest BCUT2D eigenvalue weighted by molar-refractivity contribution is 7.94. The number of nitrogens with one attached hydrogen (secondary N) is 1. The van der Waals surface area contributed by atoms with E-state index in [4.69, 9.17) is 16.9 Å². The summed E-state index contributed by atoms with van der Waals surface area (Å²) in [6.07, 6.45) is 1.57. The number of halogens is 1. The van der Waals surface area contributed by atoms with Gasteiger partial charge < -0.3 is 5.32 Å². The summed E-state index contributed by atoms with van der Waals surface area (Å²) in [5, 5.41) is 13.6. The molecule has 0 aromatic heterocycles. The van der Waals surface area contributed by atoms with E-state index < -0.39 is 9.84 Å². The summed E-state index contributed by atoms with van der Waals surface area (Å²) in [6, 6.07) is 6.53. The zero-order valence-electron chi connectivity index (χ0n) is 8.72. The van der Waals surface area contributed by atoms with Crippen LogP contribution in [-0.4, -0.2) is 20.2 Å². The maximum absolute atomic E-state index is 11.2. The lowest BCUT2D eigenvalue weighted by molar-refractivity contribution is 0.605. The molecule has 1 atom stereocenters. The average Bonchev–Trinajstić information content (AvgIpc) is 2.58. The largest absolute Gasteiger partial charge is 0.377 e. The maximum atomic E-state index is 11.2. The summed E-state index contributed by atoms with van der Waals surface area (Å²) in [7, 11) is -3.10. The Bertz CT molecular complexity index is 617. The Labute approximate surface area is 104 Å². The van der Waals surface area contributed by atoms with E-state index >= 15 is 0 Å². The van der Waals surface area contributed by atoms with Crippen molar-refractivity contribution in [1.82, 2.24) is 0 Å². The van der Waals surface area contributed by atoms with Gasteiger partial charge >= 0.3 is 0 Å². The van der Waals surface area contributed by atoms with Gasteiger partial charge in [-0.2, -0.15) is 5.26 Å². The lowest BCUT2D eigenvalue weighted by atomic mass is 10.2. The van der Waals surface area contributed by atoms with Crippen molar-refractivity contribution in [2.75, 3.05) is 11.1 Å². The molecule has 0 amide bonds. The molecular weight excluding hydrogens is 260 g/mol. The summed E-state index contributed by atoms with van der Waals surface area (Å²) >= 11 is 5.83. The summed E-state index contributed by atoms with van der Waals surface area (Å²) in [5.41, 5.74) is 0.985. The minimum atomic E-state index is -3.10. The molecule has 6 heteroatoms. The van der Waals surface area contributed by atoms with Crippen LogP contribution < -0.4 is 5.32 Å². The van der Waals surface area contributed by atoms with E-state index in [2.05, 4.69) is 5.32 Å². The molecule has 1 aromatic carbocycles. The van der Waals surface area contributed by atoms with Gasteiger partial charge in [-0.3, -0.25) is 0 Å². The van der Waals surface area contributed by atoms with Crippen molar-refractivity contribution in [2.24, 2.45) is 0 Å². The molecule has 4 nitrogen and oxygen atoms in total. The second-order valence-corrected chi connectivity index (χ2v) is 6.08. The smallest absolute Gasteiger partial charge is 0.173 e. The van der Waals surface area contributed by atoms with Crippen LogP contribution in [0, 0.1) is 11.3 Å². The minimum Gasteiger partial charge on any atom is -0.377 e. The zero-order valence-corrected chi connectivity index (χ0v) is 10.3. The van der Waals surface area contributed by atoms with Gasteiger partial charge in [0.1, 0.15) is 6.07 Å². The van der Waals surface area contributed by atoms with Gasteiger partial charge in [-0.05, 0) is 18.2 Å². The SMILES string of the molecule is N#Cc1ccc(Cl)cc1NC1C=CS(=O)(=O)C1. The van der Waals surface area contributed by atoms with E-state index in [0.29, 0.717) is 16.3 Å². The van der Waals surface area contributed by atoms with Gasteiger partial charge in [-0.15, -0.1) is 0 Å². The highest BCUT2D eigenvalue weighted by atomic mass is 35.5. The van der Waals surface area contributed by atoms with Crippen LogP contribution in [0.25, 0.3) is 0 Å². The van der Waals surface area contributed by atoms with Crippen molar-refractivity contribution in [3.8, 4) is 6.07 Å². The van der Waals surface area contributed by atoms with Gasteiger partial charge in [0, 0.05) is 10.4 Å². The van der Waals surface area contributed by atoms with Gasteiger partial charge in [0.15, 0.2) is 9.84 Å². The van der Waals surface area contributed by atoms with Crippen LogP contribution in [0.3, 0.4) is 0 Å². The Balaban J connectivity index is 2.23.